The third-order valence-electron chi connectivity index (χ3n) is 4.65. The van der Waals surface area contributed by atoms with Gasteiger partial charge in [0.05, 0.1) is 20.1 Å². The number of benzene rings is 3. The predicted octanol–water partition coefficient (Wildman–Crippen LogP) is 7.71. The number of hydrogen-bond acceptors (Lipinski definition) is 4. The van der Waals surface area contributed by atoms with Crippen LogP contribution >= 0.6 is 46.4 Å². The van der Waals surface area contributed by atoms with Crippen LogP contribution in [0.2, 0.25) is 20.1 Å². The average molecular weight is 506 g/mol. The third-order valence-corrected chi connectivity index (χ3v) is 6.45. The van der Waals surface area contributed by atoms with E-state index in [1.54, 1.807) is 12.2 Å². The molecule has 0 unspecified atom stereocenters. The topological polar surface area (TPSA) is 43.2 Å². The van der Waals surface area contributed by atoms with Gasteiger partial charge in [-0.1, -0.05) is 117 Å². The first-order valence-corrected chi connectivity index (χ1v) is 11.1. The Morgan fingerprint density at radius 3 is 1.28 bits per heavy atom. The summed E-state index contributed by atoms with van der Waals surface area (Å²) in [4.78, 5) is 11.1. The number of fused-ring (bicyclic) bond motifs is 1. The van der Waals surface area contributed by atoms with Gasteiger partial charge in [0.1, 0.15) is 24.6 Å². The van der Waals surface area contributed by atoms with Crippen molar-refractivity contribution in [2.45, 2.75) is 13.2 Å². The van der Waals surface area contributed by atoms with Crippen molar-refractivity contribution in [2.24, 2.45) is 10.3 Å². The Morgan fingerprint density at radius 2 is 0.906 bits per heavy atom. The summed E-state index contributed by atoms with van der Waals surface area (Å²) in [5.74, 6) is 0. The molecule has 0 radical (unpaired) electrons. The Labute approximate surface area is 205 Å². The average Bonchev–Trinajstić information content (AvgIpc) is 2.83. The van der Waals surface area contributed by atoms with Gasteiger partial charge >= 0.3 is 0 Å². The minimum absolute atomic E-state index is 0.132. The quantitative estimate of drug-likeness (QED) is 0.195. The lowest BCUT2D eigenvalue weighted by molar-refractivity contribution is 0.130. The van der Waals surface area contributed by atoms with Crippen molar-refractivity contribution < 1.29 is 9.68 Å². The first kappa shape index (κ1) is 22.7. The van der Waals surface area contributed by atoms with E-state index in [2.05, 4.69) is 10.3 Å². The van der Waals surface area contributed by atoms with Gasteiger partial charge in [-0.05, 0) is 23.3 Å². The van der Waals surface area contributed by atoms with E-state index in [0.717, 1.165) is 11.1 Å². The van der Waals surface area contributed by atoms with Gasteiger partial charge in [-0.3, -0.25) is 0 Å². The molecule has 0 bridgehead atoms. The van der Waals surface area contributed by atoms with Crippen molar-refractivity contribution in [3.05, 3.63) is 115 Å². The molecule has 0 N–H and O–H groups in total. The zero-order valence-electron chi connectivity index (χ0n) is 16.6. The highest BCUT2D eigenvalue weighted by atomic mass is 35.5. The fraction of sp³-hybridized carbons (Fsp3) is 0.0833. The SMILES string of the molecule is Clc1c(Cl)c(Cl)c2c(c1Cl)C(=NOCc1ccccc1)C=CC2=NOCc1ccccc1. The Bertz CT molecular complexity index is 1120. The molecular formula is C24H16Cl4N2O2. The minimum atomic E-state index is 0.132. The highest BCUT2D eigenvalue weighted by Crippen LogP contribution is 2.43. The van der Waals surface area contributed by atoms with Crippen molar-refractivity contribution >= 4 is 57.8 Å². The molecule has 32 heavy (non-hydrogen) atoms. The van der Waals surface area contributed by atoms with Crippen LogP contribution in [-0.4, -0.2) is 11.4 Å². The second-order valence-corrected chi connectivity index (χ2v) is 8.32. The maximum absolute atomic E-state index is 6.53. The summed E-state index contributed by atoms with van der Waals surface area (Å²) in [5.41, 5.74) is 3.80. The zero-order chi connectivity index (χ0) is 22.5. The highest BCUT2D eigenvalue weighted by molar-refractivity contribution is 6.55. The minimum Gasteiger partial charge on any atom is -0.390 e. The molecule has 0 aliphatic heterocycles. The highest BCUT2D eigenvalue weighted by Gasteiger charge is 2.28. The van der Waals surface area contributed by atoms with Crippen LogP contribution in [0.15, 0.2) is 83.1 Å². The molecule has 3 aromatic rings. The lowest BCUT2D eigenvalue weighted by Gasteiger charge is -2.19. The molecular weight excluding hydrogens is 490 g/mol. The lowest BCUT2D eigenvalue weighted by atomic mass is 9.93. The first-order chi connectivity index (χ1) is 15.6. The Morgan fingerprint density at radius 1 is 0.531 bits per heavy atom. The molecule has 162 valence electrons. The van der Waals surface area contributed by atoms with Crippen molar-refractivity contribution in [3.63, 3.8) is 0 Å². The van der Waals surface area contributed by atoms with E-state index in [1.807, 2.05) is 60.7 Å². The number of halogens is 4. The Kier molecular flexibility index (Phi) is 7.38. The van der Waals surface area contributed by atoms with Gasteiger partial charge < -0.3 is 9.68 Å². The van der Waals surface area contributed by atoms with Crippen LogP contribution in [0.4, 0.5) is 0 Å². The van der Waals surface area contributed by atoms with Crippen LogP contribution in [-0.2, 0) is 22.9 Å². The van der Waals surface area contributed by atoms with Crippen LogP contribution in [0, 0.1) is 0 Å². The second kappa shape index (κ2) is 10.4. The summed E-state index contributed by atoms with van der Waals surface area (Å²) >= 11 is 25.7. The van der Waals surface area contributed by atoms with Gasteiger partial charge in [0.2, 0.25) is 0 Å². The van der Waals surface area contributed by atoms with E-state index in [0.29, 0.717) is 35.8 Å². The van der Waals surface area contributed by atoms with E-state index in [9.17, 15) is 0 Å². The van der Waals surface area contributed by atoms with E-state index in [4.69, 9.17) is 56.1 Å². The number of hydrogen-bond donors (Lipinski definition) is 0. The van der Waals surface area contributed by atoms with Gasteiger partial charge in [-0.2, -0.15) is 0 Å². The molecule has 4 nitrogen and oxygen atoms in total. The molecule has 0 heterocycles. The standard InChI is InChI=1S/C24H16Cl4N2O2/c25-21-19-17(29-31-13-15-7-3-1-4-8-15)11-12-18(20(19)22(26)24(28)23(21)27)30-32-14-16-9-5-2-6-10-16/h1-12H,13-14H2. The van der Waals surface area contributed by atoms with E-state index >= 15 is 0 Å². The zero-order valence-corrected chi connectivity index (χ0v) is 19.6. The molecule has 0 atom stereocenters. The first-order valence-electron chi connectivity index (χ1n) is 9.58. The molecule has 8 heteroatoms. The summed E-state index contributed by atoms with van der Waals surface area (Å²) in [5, 5.41) is 9.17. The van der Waals surface area contributed by atoms with Crippen LogP contribution in [0.25, 0.3) is 0 Å². The summed E-state index contributed by atoms with van der Waals surface area (Å²) in [6, 6.07) is 19.4. The summed E-state index contributed by atoms with van der Waals surface area (Å²) in [6.45, 7) is 0.586. The molecule has 0 aromatic heterocycles. The van der Waals surface area contributed by atoms with Crippen LogP contribution < -0.4 is 0 Å². The lowest BCUT2D eigenvalue weighted by Crippen LogP contribution is -2.16. The smallest absolute Gasteiger partial charge is 0.142 e. The van der Waals surface area contributed by atoms with Gasteiger partial charge in [-0.25, -0.2) is 0 Å². The summed E-state index contributed by atoms with van der Waals surface area (Å²) in [6.07, 6.45) is 3.43. The van der Waals surface area contributed by atoms with Crippen LogP contribution in [0.3, 0.4) is 0 Å². The second-order valence-electron chi connectivity index (χ2n) is 6.81. The maximum Gasteiger partial charge on any atom is 0.142 e. The number of rotatable bonds is 6. The molecule has 0 spiro atoms. The van der Waals surface area contributed by atoms with E-state index in [1.165, 1.54) is 0 Å². The summed E-state index contributed by atoms with van der Waals surface area (Å²) in [7, 11) is 0. The number of allylic oxidation sites excluding steroid dienone is 2. The monoisotopic (exact) mass is 504 g/mol. The number of nitrogens with zero attached hydrogens (tertiary/aromatic N) is 2. The largest absolute Gasteiger partial charge is 0.390 e. The molecule has 1 aliphatic carbocycles. The third kappa shape index (κ3) is 4.94. The molecule has 0 fully saturated rings. The summed E-state index contributed by atoms with van der Waals surface area (Å²) < 4.78 is 0. The van der Waals surface area contributed by atoms with Gasteiger partial charge in [-0.15, -0.1) is 0 Å². The van der Waals surface area contributed by atoms with Crippen LogP contribution in [0.5, 0.6) is 0 Å². The molecule has 0 amide bonds. The van der Waals surface area contributed by atoms with Crippen molar-refractivity contribution in [2.75, 3.05) is 0 Å². The fourth-order valence-electron chi connectivity index (χ4n) is 3.09. The van der Waals surface area contributed by atoms with Crippen LogP contribution in [0.1, 0.15) is 22.3 Å². The fourth-order valence-corrected chi connectivity index (χ4v) is 4.14. The van der Waals surface area contributed by atoms with Gasteiger partial charge in [0.15, 0.2) is 0 Å². The van der Waals surface area contributed by atoms with Crippen molar-refractivity contribution in [3.8, 4) is 0 Å². The predicted molar refractivity (Wildman–Crippen MR) is 131 cm³/mol. The molecule has 0 saturated heterocycles. The van der Waals surface area contributed by atoms with E-state index in [-0.39, 0.29) is 20.1 Å². The molecule has 4 rings (SSSR count). The van der Waals surface area contributed by atoms with Gasteiger partial charge in [0, 0.05) is 11.1 Å². The van der Waals surface area contributed by atoms with Crippen molar-refractivity contribution in [1.82, 2.24) is 0 Å². The maximum atomic E-state index is 6.53. The Hall–Kier alpha value is -2.50. The normalized spacial score (nSPS) is 15.1. The molecule has 1 aliphatic rings. The number of oxime groups is 2. The molecule has 3 aromatic carbocycles. The van der Waals surface area contributed by atoms with Gasteiger partial charge in [0.25, 0.3) is 0 Å². The van der Waals surface area contributed by atoms with Crippen molar-refractivity contribution in [1.29, 1.82) is 0 Å². The molecule has 0 saturated carbocycles. The van der Waals surface area contributed by atoms with E-state index < -0.39 is 0 Å². The Balaban J connectivity index is 1.66.